The fraction of sp³-hybridized carbons (Fsp3) is 0.550. The monoisotopic (exact) mass is 442 g/mol. The highest BCUT2D eigenvalue weighted by Gasteiger charge is 2.69. The molecule has 2 fully saturated rings. The summed E-state index contributed by atoms with van der Waals surface area (Å²) in [6.07, 6.45) is -3.23. The van der Waals surface area contributed by atoms with Crippen LogP contribution in [0.2, 0.25) is 5.02 Å². The fourth-order valence-electron chi connectivity index (χ4n) is 4.81. The molecule has 2 aliphatic rings. The topological polar surface area (TPSA) is 117 Å². The molecule has 8 atom stereocenters. The average molecular weight is 443 g/mol. The largest absolute Gasteiger partial charge is 0.442 e. The predicted molar refractivity (Wildman–Crippen MR) is 109 cm³/mol. The molecule has 0 aliphatic heterocycles. The molecule has 1 aromatic heterocycles. The summed E-state index contributed by atoms with van der Waals surface area (Å²) in [5, 5.41) is 31.3. The van der Waals surface area contributed by atoms with Crippen molar-refractivity contribution >= 4 is 29.9 Å². The zero-order valence-corrected chi connectivity index (χ0v) is 17.9. The van der Waals surface area contributed by atoms with E-state index in [2.05, 4.69) is 0 Å². The molecular weight excluding hydrogens is 419 g/mol. The van der Waals surface area contributed by atoms with Crippen LogP contribution in [0.5, 0.6) is 5.75 Å². The van der Waals surface area contributed by atoms with Gasteiger partial charge in [0, 0.05) is 23.5 Å². The number of fused-ring (bicyclic) bond motifs is 2. The van der Waals surface area contributed by atoms with Crippen molar-refractivity contribution in [3.8, 4) is 5.75 Å². The summed E-state index contributed by atoms with van der Waals surface area (Å²) in [7, 11) is -3.26. The minimum absolute atomic E-state index is 0.0209. The molecule has 2 saturated carbocycles. The van der Waals surface area contributed by atoms with Gasteiger partial charge in [-0.2, -0.15) is 0 Å². The Kier molecular flexibility index (Phi) is 5.11. The molecule has 1 heterocycles. The Bertz CT molecular complexity index is 1050. The van der Waals surface area contributed by atoms with Crippen LogP contribution >= 0.6 is 19.0 Å². The second-order valence-corrected chi connectivity index (χ2v) is 11.3. The van der Waals surface area contributed by atoms with E-state index in [1.807, 2.05) is 0 Å². The minimum atomic E-state index is -3.26. The van der Waals surface area contributed by atoms with Gasteiger partial charge in [-0.15, -0.1) is 0 Å². The van der Waals surface area contributed by atoms with Crippen molar-refractivity contribution in [3.05, 3.63) is 39.2 Å². The maximum atomic E-state index is 13.7. The molecule has 4 rings (SSSR count). The molecule has 7 nitrogen and oxygen atoms in total. The van der Waals surface area contributed by atoms with E-state index in [0.29, 0.717) is 16.7 Å². The standard InChI is InChI=1S/C20H24ClO7P/c1-4-29(26,19-13-9(3)16(22)18(24)17(23)14(13)19)28-10-5-6-11-8(2)15(21)20(25)27-12(11)7-10/h5-7,9,13-14,16-19,22-24H,4H2,1-3H3. The molecule has 1 aromatic carbocycles. The molecular formula is C20H24ClO7P. The molecule has 9 heteroatoms. The van der Waals surface area contributed by atoms with Gasteiger partial charge >= 0.3 is 5.63 Å². The van der Waals surface area contributed by atoms with Crippen molar-refractivity contribution in [2.75, 3.05) is 6.16 Å². The van der Waals surface area contributed by atoms with Crippen LogP contribution in [-0.2, 0) is 4.57 Å². The second kappa shape index (κ2) is 7.10. The molecule has 0 bridgehead atoms. The van der Waals surface area contributed by atoms with Crippen LogP contribution in [0.15, 0.2) is 27.4 Å². The third-order valence-electron chi connectivity index (χ3n) is 6.56. The summed E-state index contributed by atoms with van der Waals surface area (Å²) < 4.78 is 24.9. The summed E-state index contributed by atoms with van der Waals surface area (Å²) in [4.78, 5) is 11.9. The third kappa shape index (κ3) is 3.15. The highest BCUT2D eigenvalue weighted by atomic mass is 35.5. The number of rotatable bonds is 4. The summed E-state index contributed by atoms with van der Waals surface area (Å²) in [6.45, 7) is 5.25. The predicted octanol–water partition coefficient (Wildman–Crippen LogP) is 2.78. The van der Waals surface area contributed by atoms with Crippen LogP contribution in [-0.4, -0.2) is 45.5 Å². The summed E-state index contributed by atoms with van der Waals surface area (Å²) >= 11 is 5.95. The van der Waals surface area contributed by atoms with Gasteiger partial charge in [0.15, 0.2) is 0 Å². The highest BCUT2D eigenvalue weighted by molar-refractivity contribution is 7.60. The molecule has 0 spiro atoms. The summed E-state index contributed by atoms with van der Waals surface area (Å²) in [5.74, 6) is -0.576. The van der Waals surface area contributed by atoms with Crippen LogP contribution < -0.4 is 10.1 Å². The van der Waals surface area contributed by atoms with E-state index in [-0.39, 0.29) is 34.5 Å². The van der Waals surface area contributed by atoms with Crippen molar-refractivity contribution in [1.82, 2.24) is 0 Å². The SMILES string of the molecule is CCP(=O)(Oc1ccc2c(C)c(Cl)c(=O)oc2c1)C1C2C(C)C(O)C(O)C(O)C21. The Balaban J connectivity index is 1.67. The zero-order valence-electron chi connectivity index (χ0n) is 16.3. The molecule has 29 heavy (non-hydrogen) atoms. The second-order valence-electron chi connectivity index (χ2n) is 8.10. The first-order valence-electron chi connectivity index (χ1n) is 9.66. The van der Waals surface area contributed by atoms with Crippen molar-refractivity contribution in [3.63, 3.8) is 0 Å². The van der Waals surface area contributed by atoms with Gasteiger partial charge in [-0.1, -0.05) is 25.4 Å². The van der Waals surface area contributed by atoms with Crippen molar-refractivity contribution in [2.45, 2.75) is 44.7 Å². The summed E-state index contributed by atoms with van der Waals surface area (Å²) in [6, 6.07) is 4.85. The zero-order chi connectivity index (χ0) is 21.2. The lowest BCUT2D eigenvalue weighted by atomic mass is 9.84. The average Bonchev–Trinajstić information content (AvgIpc) is 3.45. The van der Waals surface area contributed by atoms with E-state index in [0.717, 1.165) is 0 Å². The van der Waals surface area contributed by atoms with E-state index >= 15 is 0 Å². The number of benzene rings is 1. The first kappa shape index (κ1) is 20.9. The summed E-state index contributed by atoms with van der Waals surface area (Å²) in [5.41, 5.74) is -0.222. The van der Waals surface area contributed by atoms with E-state index < -0.39 is 37.0 Å². The van der Waals surface area contributed by atoms with Crippen LogP contribution in [0.25, 0.3) is 11.0 Å². The van der Waals surface area contributed by atoms with Gasteiger partial charge in [-0.3, -0.25) is 4.57 Å². The molecule has 0 radical (unpaired) electrons. The lowest BCUT2D eigenvalue weighted by Crippen LogP contribution is -2.47. The Hall–Kier alpha value is -1.37. The van der Waals surface area contributed by atoms with Gasteiger partial charge in [0.1, 0.15) is 22.5 Å². The van der Waals surface area contributed by atoms with Gasteiger partial charge in [0.05, 0.1) is 17.9 Å². The van der Waals surface area contributed by atoms with E-state index in [9.17, 15) is 24.7 Å². The van der Waals surface area contributed by atoms with Crippen LogP contribution in [0.3, 0.4) is 0 Å². The molecule has 0 amide bonds. The van der Waals surface area contributed by atoms with Gasteiger partial charge in [-0.05, 0) is 36.5 Å². The maximum absolute atomic E-state index is 13.7. The molecule has 2 aliphatic carbocycles. The van der Waals surface area contributed by atoms with Crippen LogP contribution in [0.1, 0.15) is 19.4 Å². The fourth-order valence-corrected chi connectivity index (χ4v) is 7.89. The number of halogens is 1. The number of aryl methyl sites for hydroxylation is 1. The van der Waals surface area contributed by atoms with Crippen molar-refractivity contribution < 1.29 is 28.8 Å². The van der Waals surface area contributed by atoms with Crippen LogP contribution in [0.4, 0.5) is 0 Å². The first-order chi connectivity index (χ1) is 13.6. The van der Waals surface area contributed by atoms with E-state index in [1.54, 1.807) is 32.9 Å². The number of aliphatic hydroxyl groups is 3. The molecule has 2 aromatic rings. The number of hydrogen-bond donors (Lipinski definition) is 3. The highest BCUT2D eigenvalue weighted by Crippen LogP contribution is 2.71. The maximum Gasteiger partial charge on any atom is 0.355 e. The third-order valence-corrected chi connectivity index (χ3v) is 9.99. The Morgan fingerprint density at radius 2 is 1.86 bits per heavy atom. The molecule has 0 saturated heterocycles. The Morgan fingerprint density at radius 1 is 1.17 bits per heavy atom. The smallest absolute Gasteiger partial charge is 0.355 e. The Labute approximate surface area is 172 Å². The van der Waals surface area contributed by atoms with Crippen molar-refractivity contribution in [2.24, 2.45) is 17.8 Å². The quantitative estimate of drug-likeness (QED) is 0.492. The molecule has 158 valence electrons. The number of aliphatic hydroxyl groups excluding tert-OH is 3. The van der Waals surface area contributed by atoms with Crippen LogP contribution in [0, 0.1) is 24.7 Å². The van der Waals surface area contributed by atoms with Gasteiger partial charge < -0.3 is 24.3 Å². The van der Waals surface area contributed by atoms with E-state index in [4.69, 9.17) is 20.5 Å². The normalized spacial score (nSPS) is 35.8. The van der Waals surface area contributed by atoms with E-state index in [1.165, 1.54) is 6.07 Å². The van der Waals surface area contributed by atoms with Gasteiger partial charge in [0.2, 0.25) is 0 Å². The minimum Gasteiger partial charge on any atom is -0.442 e. The number of hydrogen-bond acceptors (Lipinski definition) is 7. The van der Waals surface area contributed by atoms with Crippen molar-refractivity contribution in [1.29, 1.82) is 0 Å². The molecule has 8 unspecified atom stereocenters. The van der Waals surface area contributed by atoms with Gasteiger partial charge in [0.25, 0.3) is 7.37 Å². The molecule has 3 N–H and O–H groups in total. The first-order valence-corrected chi connectivity index (χ1v) is 11.9. The van der Waals surface area contributed by atoms with Gasteiger partial charge in [-0.25, -0.2) is 4.79 Å². The Morgan fingerprint density at radius 3 is 2.52 bits per heavy atom. The lowest BCUT2D eigenvalue weighted by molar-refractivity contribution is -0.111. The lowest BCUT2D eigenvalue weighted by Gasteiger charge is -2.32.